The second-order valence-corrected chi connectivity index (χ2v) is 6.14. The number of carboxylic acid groups (broad SMARTS) is 1. The second kappa shape index (κ2) is 7.67. The third-order valence-electron chi connectivity index (χ3n) is 4.04. The molecule has 27 heavy (non-hydrogen) atoms. The highest BCUT2D eigenvalue weighted by Crippen LogP contribution is 2.29. The number of hydrogen-bond acceptors (Lipinski definition) is 5. The minimum absolute atomic E-state index is 0.224. The molecule has 0 saturated heterocycles. The SMILES string of the molecule is Cc1cc(C(=O)O)cc(C)c1Oc1ccnc(Cc2ccc(C#N)cc2)n1. The number of aryl methyl sites for hydroxylation is 2. The fourth-order valence-electron chi connectivity index (χ4n) is 2.74. The van der Waals surface area contributed by atoms with Gasteiger partial charge in [-0.25, -0.2) is 9.78 Å². The summed E-state index contributed by atoms with van der Waals surface area (Å²) in [5.74, 6) is 0.597. The summed E-state index contributed by atoms with van der Waals surface area (Å²) in [6, 6.07) is 14.1. The van der Waals surface area contributed by atoms with Crippen LogP contribution in [0.25, 0.3) is 0 Å². The van der Waals surface area contributed by atoms with Crippen molar-refractivity contribution in [3.05, 3.63) is 82.3 Å². The average molecular weight is 359 g/mol. The van der Waals surface area contributed by atoms with Crippen LogP contribution in [-0.2, 0) is 6.42 Å². The zero-order valence-corrected chi connectivity index (χ0v) is 14.9. The summed E-state index contributed by atoms with van der Waals surface area (Å²) in [4.78, 5) is 19.9. The molecule has 0 aliphatic carbocycles. The Bertz CT molecular complexity index is 1010. The molecule has 3 rings (SSSR count). The maximum Gasteiger partial charge on any atom is 0.335 e. The molecule has 6 nitrogen and oxygen atoms in total. The summed E-state index contributed by atoms with van der Waals surface area (Å²) in [6.07, 6.45) is 2.14. The van der Waals surface area contributed by atoms with Crippen LogP contribution < -0.4 is 4.74 Å². The molecule has 0 amide bonds. The Morgan fingerprint density at radius 1 is 1.15 bits per heavy atom. The van der Waals surface area contributed by atoms with E-state index in [2.05, 4.69) is 16.0 Å². The molecule has 2 aromatic carbocycles. The van der Waals surface area contributed by atoms with Gasteiger partial charge in [0.15, 0.2) is 0 Å². The van der Waals surface area contributed by atoms with Gasteiger partial charge >= 0.3 is 5.97 Å². The second-order valence-electron chi connectivity index (χ2n) is 6.14. The topological polar surface area (TPSA) is 96.1 Å². The maximum absolute atomic E-state index is 11.2. The Kier molecular flexibility index (Phi) is 5.13. The van der Waals surface area contributed by atoms with Crippen molar-refractivity contribution >= 4 is 5.97 Å². The lowest BCUT2D eigenvalue weighted by Crippen LogP contribution is -2.02. The first-order valence-electron chi connectivity index (χ1n) is 8.29. The summed E-state index contributed by atoms with van der Waals surface area (Å²) in [5, 5.41) is 18.0. The highest BCUT2D eigenvalue weighted by molar-refractivity contribution is 5.88. The van der Waals surface area contributed by atoms with Gasteiger partial charge in [-0.3, -0.25) is 0 Å². The first kappa shape index (κ1) is 18.1. The van der Waals surface area contributed by atoms with Crippen molar-refractivity contribution in [3.63, 3.8) is 0 Å². The summed E-state index contributed by atoms with van der Waals surface area (Å²) in [6.45, 7) is 3.60. The molecule has 0 saturated carbocycles. The van der Waals surface area contributed by atoms with E-state index in [1.54, 1.807) is 50.4 Å². The molecular formula is C21H17N3O3. The van der Waals surface area contributed by atoms with Gasteiger partial charge < -0.3 is 9.84 Å². The van der Waals surface area contributed by atoms with Crippen molar-refractivity contribution in [2.75, 3.05) is 0 Å². The summed E-state index contributed by atoms with van der Waals surface area (Å²) >= 11 is 0. The van der Waals surface area contributed by atoms with Crippen molar-refractivity contribution < 1.29 is 14.6 Å². The first-order chi connectivity index (χ1) is 13.0. The standard InChI is InChI=1S/C21H17N3O3/c1-13-9-17(21(25)26)10-14(2)20(13)27-19-7-8-23-18(24-19)11-15-3-5-16(12-22)6-4-15/h3-10H,11H2,1-2H3,(H,25,26). The first-order valence-corrected chi connectivity index (χ1v) is 8.29. The molecule has 134 valence electrons. The average Bonchev–Trinajstić information content (AvgIpc) is 2.65. The van der Waals surface area contributed by atoms with Gasteiger partial charge in [-0.1, -0.05) is 12.1 Å². The number of aromatic nitrogens is 2. The fraction of sp³-hybridized carbons (Fsp3) is 0.143. The van der Waals surface area contributed by atoms with Crippen LogP contribution in [0.1, 0.15) is 38.4 Å². The van der Waals surface area contributed by atoms with Crippen LogP contribution in [0.5, 0.6) is 11.6 Å². The molecule has 0 spiro atoms. The van der Waals surface area contributed by atoms with E-state index in [0.717, 1.165) is 16.7 Å². The zero-order chi connectivity index (χ0) is 19.4. The number of nitrogens with zero attached hydrogens (tertiary/aromatic N) is 3. The van der Waals surface area contributed by atoms with E-state index in [0.29, 0.717) is 29.4 Å². The number of ether oxygens (including phenoxy) is 1. The van der Waals surface area contributed by atoms with E-state index in [4.69, 9.17) is 15.1 Å². The number of aromatic carboxylic acids is 1. The zero-order valence-electron chi connectivity index (χ0n) is 14.9. The summed E-state index contributed by atoms with van der Waals surface area (Å²) < 4.78 is 5.90. The highest BCUT2D eigenvalue weighted by atomic mass is 16.5. The van der Waals surface area contributed by atoms with Gasteiger partial charge in [0.1, 0.15) is 11.6 Å². The van der Waals surface area contributed by atoms with Gasteiger partial charge in [-0.05, 0) is 54.8 Å². The van der Waals surface area contributed by atoms with Gasteiger partial charge in [-0.15, -0.1) is 0 Å². The predicted octanol–water partition coefficient (Wildman–Crippen LogP) is 4.05. The minimum Gasteiger partial charge on any atom is -0.478 e. The fourth-order valence-corrected chi connectivity index (χ4v) is 2.74. The minimum atomic E-state index is -0.973. The largest absolute Gasteiger partial charge is 0.478 e. The van der Waals surface area contributed by atoms with Gasteiger partial charge in [0.25, 0.3) is 0 Å². The molecule has 0 radical (unpaired) electrons. The van der Waals surface area contributed by atoms with E-state index in [-0.39, 0.29) is 5.56 Å². The number of hydrogen-bond donors (Lipinski definition) is 1. The number of benzene rings is 2. The Morgan fingerprint density at radius 3 is 2.41 bits per heavy atom. The number of nitriles is 1. The van der Waals surface area contributed by atoms with E-state index in [1.807, 2.05) is 12.1 Å². The summed E-state index contributed by atoms with van der Waals surface area (Å²) in [5.41, 5.74) is 3.26. The van der Waals surface area contributed by atoms with Crippen LogP contribution in [0, 0.1) is 25.2 Å². The van der Waals surface area contributed by atoms with Gasteiger partial charge in [0, 0.05) is 18.7 Å². The molecule has 1 aromatic heterocycles. The van der Waals surface area contributed by atoms with Crippen LogP contribution in [0.2, 0.25) is 0 Å². The molecule has 0 fully saturated rings. The van der Waals surface area contributed by atoms with Gasteiger partial charge in [0.05, 0.1) is 17.2 Å². The Hall–Kier alpha value is -3.72. The quantitative estimate of drug-likeness (QED) is 0.738. The molecular weight excluding hydrogens is 342 g/mol. The van der Waals surface area contributed by atoms with Crippen molar-refractivity contribution in [3.8, 4) is 17.7 Å². The lowest BCUT2D eigenvalue weighted by molar-refractivity contribution is 0.0696. The smallest absolute Gasteiger partial charge is 0.335 e. The number of carbonyl (C=O) groups is 1. The van der Waals surface area contributed by atoms with Crippen LogP contribution in [-0.4, -0.2) is 21.0 Å². The summed E-state index contributed by atoms with van der Waals surface area (Å²) in [7, 11) is 0. The molecule has 0 aliphatic heterocycles. The molecule has 6 heteroatoms. The van der Waals surface area contributed by atoms with E-state index in [1.165, 1.54) is 0 Å². The van der Waals surface area contributed by atoms with Crippen molar-refractivity contribution in [1.29, 1.82) is 5.26 Å². The van der Waals surface area contributed by atoms with Crippen molar-refractivity contribution in [2.24, 2.45) is 0 Å². The van der Waals surface area contributed by atoms with E-state index < -0.39 is 5.97 Å². The lowest BCUT2D eigenvalue weighted by atomic mass is 10.1. The van der Waals surface area contributed by atoms with Crippen LogP contribution in [0.3, 0.4) is 0 Å². The molecule has 1 heterocycles. The van der Waals surface area contributed by atoms with Crippen molar-refractivity contribution in [1.82, 2.24) is 9.97 Å². The lowest BCUT2D eigenvalue weighted by Gasteiger charge is -2.12. The third kappa shape index (κ3) is 4.28. The molecule has 0 bridgehead atoms. The molecule has 0 unspecified atom stereocenters. The van der Waals surface area contributed by atoms with Crippen molar-refractivity contribution in [2.45, 2.75) is 20.3 Å². The van der Waals surface area contributed by atoms with Crippen LogP contribution >= 0.6 is 0 Å². The molecule has 1 N–H and O–H groups in total. The number of carboxylic acids is 1. The van der Waals surface area contributed by atoms with Crippen LogP contribution in [0.4, 0.5) is 0 Å². The predicted molar refractivity (Wildman–Crippen MR) is 98.9 cm³/mol. The number of rotatable bonds is 5. The highest BCUT2D eigenvalue weighted by Gasteiger charge is 2.12. The van der Waals surface area contributed by atoms with Gasteiger partial charge in [0.2, 0.25) is 5.88 Å². The van der Waals surface area contributed by atoms with E-state index >= 15 is 0 Å². The third-order valence-corrected chi connectivity index (χ3v) is 4.04. The molecule has 0 aliphatic rings. The Balaban J connectivity index is 1.82. The monoisotopic (exact) mass is 359 g/mol. The van der Waals surface area contributed by atoms with Gasteiger partial charge in [-0.2, -0.15) is 10.2 Å². The Morgan fingerprint density at radius 2 is 1.81 bits per heavy atom. The molecule has 3 aromatic rings. The maximum atomic E-state index is 11.2. The Labute approximate surface area is 156 Å². The van der Waals surface area contributed by atoms with Crippen LogP contribution in [0.15, 0.2) is 48.7 Å². The van der Waals surface area contributed by atoms with E-state index in [9.17, 15) is 4.79 Å². The normalized spacial score (nSPS) is 10.3. The molecule has 0 atom stereocenters.